The van der Waals surface area contributed by atoms with Gasteiger partial charge in [-0.25, -0.2) is 0 Å². The molecule has 2 rings (SSSR count). The van der Waals surface area contributed by atoms with Gasteiger partial charge in [0.05, 0.1) is 0 Å². The van der Waals surface area contributed by atoms with Crippen LogP contribution in [-0.4, -0.2) is 12.5 Å². The van der Waals surface area contributed by atoms with E-state index in [0.29, 0.717) is 0 Å². The molecule has 0 saturated carbocycles. The zero-order valence-corrected chi connectivity index (χ0v) is 15.5. The summed E-state index contributed by atoms with van der Waals surface area (Å²) in [6, 6.07) is 13.6. The van der Waals surface area contributed by atoms with E-state index in [4.69, 9.17) is 4.74 Å². The Morgan fingerprint density at radius 1 is 1.13 bits per heavy atom. The molecule has 0 unspecified atom stereocenters. The van der Waals surface area contributed by atoms with Gasteiger partial charge in [0, 0.05) is 10.2 Å². The predicted octanol–water partition coefficient (Wildman–Crippen LogP) is 5.07. The molecule has 2 aromatic carbocycles. The third kappa shape index (κ3) is 5.10. The fraction of sp³-hybridized carbons (Fsp3) is 0.316. The van der Waals surface area contributed by atoms with Crippen LogP contribution in [0.15, 0.2) is 46.9 Å². The maximum atomic E-state index is 12.1. The van der Waals surface area contributed by atoms with Gasteiger partial charge >= 0.3 is 0 Å². The molecule has 23 heavy (non-hydrogen) atoms. The Kier molecular flexibility index (Phi) is 5.47. The summed E-state index contributed by atoms with van der Waals surface area (Å²) in [6.07, 6.45) is 0. The van der Waals surface area contributed by atoms with Crippen molar-refractivity contribution in [2.45, 2.75) is 33.1 Å². The van der Waals surface area contributed by atoms with Crippen molar-refractivity contribution in [2.24, 2.45) is 0 Å². The summed E-state index contributed by atoms with van der Waals surface area (Å²) in [5.74, 6) is 0.595. The molecule has 1 amide bonds. The smallest absolute Gasteiger partial charge is 0.262 e. The molecule has 4 heteroatoms. The van der Waals surface area contributed by atoms with Crippen LogP contribution < -0.4 is 10.1 Å². The number of anilines is 1. The first-order valence-electron chi connectivity index (χ1n) is 7.55. The Bertz CT molecular complexity index is 688. The summed E-state index contributed by atoms with van der Waals surface area (Å²) in [5.41, 5.74) is 2.92. The zero-order chi connectivity index (χ0) is 17.0. The van der Waals surface area contributed by atoms with Gasteiger partial charge in [-0.15, -0.1) is 0 Å². The second-order valence-corrected chi connectivity index (χ2v) is 7.51. The van der Waals surface area contributed by atoms with Crippen LogP contribution in [0.1, 0.15) is 31.9 Å². The van der Waals surface area contributed by atoms with E-state index < -0.39 is 0 Å². The van der Waals surface area contributed by atoms with Crippen molar-refractivity contribution >= 4 is 27.5 Å². The van der Waals surface area contributed by atoms with Crippen LogP contribution in [-0.2, 0) is 10.2 Å². The minimum absolute atomic E-state index is 0.0113. The number of hydrogen-bond acceptors (Lipinski definition) is 2. The fourth-order valence-electron chi connectivity index (χ4n) is 2.24. The van der Waals surface area contributed by atoms with Crippen LogP contribution in [0.5, 0.6) is 5.75 Å². The summed E-state index contributed by atoms with van der Waals surface area (Å²) < 4.78 is 6.75. The molecule has 0 fully saturated rings. The van der Waals surface area contributed by atoms with Crippen molar-refractivity contribution in [1.29, 1.82) is 0 Å². The molecule has 3 nitrogen and oxygen atoms in total. The number of rotatable bonds is 4. The first kappa shape index (κ1) is 17.5. The lowest BCUT2D eigenvalue weighted by Crippen LogP contribution is -2.22. The van der Waals surface area contributed by atoms with E-state index in [-0.39, 0.29) is 17.9 Å². The molecule has 0 radical (unpaired) electrons. The van der Waals surface area contributed by atoms with Crippen LogP contribution >= 0.6 is 15.9 Å². The first-order chi connectivity index (χ1) is 10.8. The molecule has 0 heterocycles. The Morgan fingerprint density at radius 2 is 1.78 bits per heavy atom. The van der Waals surface area contributed by atoms with Gasteiger partial charge in [0.25, 0.3) is 5.91 Å². The number of carbonyl (C=O) groups excluding carboxylic acids is 1. The van der Waals surface area contributed by atoms with Crippen LogP contribution in [0.3, 0.4) is 0 Å². The van der Waals surface area contributed by atoms with E-state index in [1.165, 1.54) is 0 Å². The van der Waals surface area contributed by atoms with Gasteiger partial charge in [0.1, 0.15) is 5.75 Å². The lowest BCUT2D eigenvalue weighted by atomic mass is 9.86. The Labute approximate surface area is 146 Å². The fourth-order valence-corrected chi connectivity index (χ4v) is 2.51. The summed E-state index contributed by atoms with van der Waals surface area (Å²) in [6.45, 7) is 8.40. The van der Waals surface area contributed by atoms with Gasteiger partial charge in [-0.3, -0.25) is 4.79 Å². The second-order valence-electron chi connectivity index (χ2n) is 6.59. The minimum atomic E-state index is -0.173. The van der Waals surface area contributed by atoms with Crippen LogP contribution in [0.4, 0.5) is 5.69 Å². The highest BCUT2D eigenvalue weighted by Gasteiger charge is 2.19. The monoisotopic (exact) mass is 375 g/mol. The minimum Gasteiger partial charge on any atom is -0.483 e. The molecule has 0 bridgehead atoms. The van der Waals surface area contributed by atoms with Crippen molar-refractivity contribution in [3.8, 4) is 5.75 Å². The maximum Gasteiger partial charge on any atom is 0.262 e. The molecule has 1 N–H and O–H groups in total. The zero-order valence-electron chi connectivity index (χ0n) is 13.9. The van der Waals surface area contributed by atoms with Crippen molar-refractivity contribution < 1.29 is 9.53 Å². The number of hydrogen-bond donors (Lipinski definition) is 1. The topological polar surface area (TPSA) is 38.3 Å². The highest BCUT2D eigenvalue weighted by atomic mass is 79.9. The van der Waals surface area contributed by atoms with Crippen molar-refractivity contribution in [2.75, 3.05) is 11.9 Å². The van der Waals surface area contributed by atoms with E-state index in [0.717, 1.165) is 27.0 Å². The average Bonchev–Trinajstić information content (AvgIpc) is 2.46. The summed E-state index contributed by atoms with van der Waals surface area (Å²) in [5, 5.41) is 2.83. The number of ether oxygens (including phenoxy) is 1. The molecule has 0 aliphatic carbocycles. The molecule has 0 spiro atoms. The Hall–Kier alpha value is -1.81. The number of nitrogens with one attached hydrogen (secondary N) is 1. The summed E-state index contributed by atoms with van der Waals surface area (Å²) >= 11 is 3.37. The summed E-state index contributed by atoms with van der Waals surface area (Å²) in [4.78, 5) is 12.1. The molecule has 0 atom stereocenters. The SMILES string of the molecule is Cc1ccc(C(C)(C)C)c(OCC(=O)Nc2ccc(Br)cc2)c1. The molecule has 122 valence electrons. The normalized spacial score (nSPS) is 11.2. The second kappa shape index (κ2) is 7.18. The van der Waals surface area contributed by atoms with Crippen molar-refractivity contribution in [3.63, 3.8) is 0 Å². The van der Waals surface area contributed by atoms with Crippen LogP contribution in [0.25, 0.3) is 0 Å². The van der Waals surface area contributed by atoms with Crippen LogP contribution in [0.2, 0.25) is 0 Å². The largest absolute Gasteiger partial charge is 0.483 e. The molecule has 0 aliphatic rings. The number of amides is 1. The molecular weight excluding hydrogens is 354 g/mol. The molecule has 0 saturated heterocycles. The highest BCUT2D eigenvalue weighted by molar-refractivity contribution is 9.10. The lowest BCUT2D eigenvalue weighted by Gasteiger charge is -2.23. The molecular formula is C19H22BrNO2. The number of benzene rings is 2. The Balaban J connectivity index is 2.04. The van der Waals surface area contributed by atoms with Gasteiger partial charge in [-0.1, -0.05) is 48.8 Å². The van der Waals surface area contributed by atoms with E-state index in [9.17, 15) is 4.79 Å². The number of carbonyl (C=O) groups is 1. The van der Waals surface area contributed by atoms with Gasteiger partial charge < -0.3 is 10.1 Å². The average molecular weight is 376 g/mol. The van der Waals surface area contributed by atoms with Crippen molar-refractivity contribution in [1.82, 2.24) is 0 Å². The van der Waals surface area contributed by atoms with E-state index in [2.05, 4.69) is 54.2 Å². The van der Waals surface area contributed by atoms with Gasteiger partial charge in [0.2, 0.25) is 0 Å². The van der Waals surface area contributed by atoms with Crippen molar-refractivity contribution in [3.05, 3.63) is 58.1 Å². The van der Waals surface area contributed by atoms with Crippen LogP contribution in [0, 0.1) is 6.92 Å². The van der Waals surface area contributed by atoms with E-state index in [1.54, 1.807) is 0 Å². The molecule has 0 aliphatic heterocycles. The third-order valence-corrected chi connectivity index (χ3v) is 3.96. The standard InChI is InChI=1S/C19H22BrNO2/c1-13-5-10-16(19(2,3)4)17(11-13)23-12-18(22)21-15-8-6-14(20)7-9-15/h5-11H,12H2,1-4H3,(H,21,22). The quantitative estimate of drug-likeness (QED) is 0.809. The lowest BCUT2D eigenvalue weighted by molar-refractivity contribution is -0.118. The number of aryl methyl sites for hydroxylation is 1. The predicted molar refractivity (Wildman–Crippen MR) is 98.1 cm³/mol. The third-order valence-electron chi connectivity index (χ3n) is 3.43. The highest BCUT2D eigenvalue weighted by Crippen LogP contribution is 2.32. The number of halogens is 1. The Morgan fingerprint density at radius 3 is 2.39 bits per heavy atom. The van der Waals surface area contributed by atoms with Gasteiger partial charge in [0.15, 0.2) is 6.61 Å². The van der Waals surface area contributed by atoms with Gasteiger partial charge in [-0.2, -0.15) is 0 Å². The van der Waals surface area contributed by atoms with E-state index >= 15 is 0 Å². The molecule has 2 aromatic rings. The van der Waals surface area contributed by atoms with E-state index in [1.807, 2.05) is 37.3 Å². The maximum absolute atomic E-state index is 12.1. The first-order valence-corrected chi connectivity index (χ1v) is 8.34. The van der Waals surface area contributed by atoms with Gasteiger partial charge in [-0.05, 0) is 53.8 Å². The molecule has 0 aromatic heterocycles. The summed E-state index contributed by atoms with van der Waals surface area (Å²) in [7, 11) is 0.